The van der Waals surface area contributed by atoms with Crippen LogP contribution in [0.1, 0.15) is 10.4 Å². The first-order chi connectivity index (χ1) is 7.04. The van der Waals surface area contributed by atoms with E-state index in [9.17, 15) is 9.59 Å². The van der Waals surface area contributed by atoms with E-state index < -0.39 is 11.8 Å². The number of benzene rings is 1. The molecule has 0 unspecified atom stereocenters. The maximum Gasteiger partial charge on any atom is 0.250 e. The molecule has 5 nitrogen and oxygen atoms in total. The molecular weight excluding hydrogens is 196 g/mol. The van der Waals surface area contributed by atoms with E-state index >= 15 is 0 Å². The molecule has 1 aromatic carbocycles. The number of amides is 2. The van der Waals surface area contributed by atoms with Crippen molar-refractivity contribution in [2.75, 3.05) is 12.4 Å². The molecule has 5 heteroatoms. The lowest BCUT2D eigenvalue weighted by molar-refractivity contribution is -0.112. The summed E-state index contributed by atoms with van der Waals surface area (Å²) < 4.78 is 4.95. The molecule has 0 bridgehead atoms. The number of rotatable bonds is 3. The fraction of sp³-hybridized carbons (Fsp3) is 0.100. The minimum Gasteiger partial charge on any atom is -0.497 e. The molecule has 79 valence electrons. The van der Waals surface area contributed by atoms with Crippen LogP contribution in [0, 0.1) is 6.92 Å². The van der Waals surface area contributed by atoms with E-state index in [0.717, 1.165) is 0 Å². The third-order valence-corrected chi connectivity index (χ3v) is 1.77. The largest absolute Gasteiger partial charge is 0.497 e. The van der Waals surface area contributed by atoms with Crippen LogP contribution in [0.3, 0.4) is 0 Å². The Hall–Kier alpha value is -2.04. The monoisotopic (exact) mass is 207 g/mol. The molecule has 0 atom stereocenters. The van der Waals surface area contributed by atoms with E-state index in [-0.39, 0.29) is 5.56 Å². The SMILES string of the molecule is [CH2]C(=O)Nc1cc(OC)ccc1C(N)=O. The van der Waals surface area contributed by atoms with E-state index in [1.165, 1.54) is 19.2 Å². The first-order valence-corrected chi connectivity index (χ1v) is 4.15. The van der Waals surface area contributed by atoms with Crippen LogP contribution in [0.4, 0.5) is 5.69 Å². The van der Waals surface area contributed by atoms with Gasteiger partial charge in [0.05, 0.1) is 18.4 Å². The molecule has 0 saturated carbocycles. The average molecular weight is 207 g/mol. The van der Waals surface area contributed by atoms with Crippen molar-refractivity contribution in [2.45, 2.75) is 0 Å². The Morgan fingerprint density at radius 2 is 2.13 bits per heavy atom. The first-order valence-electron chi connectivity index (χ1n) is 4.15. The molecule has 2 amide bonds. The van der Waals surface area contributed by atoms with Gasteiger partial charge in [0.1, 0.15) is 5.75 Å². The van der Waals surface area contributed by atoms with Gasteiger partial charge in [-0.1, -0.05) is 0 Å². The van der Waals surface area contributed by atoms with Gasteiger partial charge < -0.3 is 15.8 Å². The Balaban J connectivity index is 3.16. The molecule has 0 heterocycles. The number of nitrogens with one attached hydrogen (secondary N) is 1. The second-order valence-electron chi connectivity index (χ2n) is 2.82. The molecule has 15 heavy (non-hydrogen) atoms. The molecule has 0 aliphatic heterocycles. The third kappa shape index (κ3) is 2.70. The number of carbonyl (C=O) groups excluding carboxylic acids is 2. The van der Waals surface area contributed by atoms with Gasteiger partial charge in [0.2, 0.25) is 5.91 Å². The number of hydrogen-bond acceptors (Lipinski definition) is 3. The van der Waals surface area contributed by atoms with Gasteiger partial charge >= 0.3 is 0 Å². The molecule has 0 spiro atoms. The maximum absolute atomic E-state index is 11.0. The van der Waals surface area contributed by atoms with Crippen LogP contribution >= 0.6 is 0 Å². The molecule has 0 aliphatic rings. The minimum absolute atomic E-state index is 0.216. The zero-order valence-corrected chi connectivity index (χ0v) is 8.24. The fourth-order valence-corrected chi connectivity index (χ4v) is 1.12. The first kappa shape index (κ1) is 11.0. The number of ether oxygens (including phenoxy) is 1. The summed E-state index contributed by atoms with van der Waals surface area (Å²) in [6, 6.07) is 4.56. The Morgan fingerprint density at radius 1 is 1.47 bits per heavy atom. The third-order valence-electron chi connectivity index (χ3n) is 1.77. The van der Waals surface area contributed by atoms with Gasteiger partial charge in [-0.05, 0) is 12.1 Å². The molecule has 1 radical (unpaired) electrons. The van der Waals surface area contributed by atoms with Crippen molar-refractivity contribution in [3.05, 3.63) is 30.7 Å². The summed E-state index contributed by atoms with van der Waals surface area (Å²) in [5.41, 5.74) is 5.64. The van der Waals surface area contributed by atoms with Gasteiger partial charge in [-0.25, -0.2) is 0 Å². The van der Waals surface area contributed by atoms with E-state index in [1.54, 1.807) is 6.07 Å². The van der Waals surface area contributed by atoms with Crippen molar-refractivity contribution in [3.63, 3.8) is 0 Å². The minimum atomic E-state index is -0.624. The fourth-order valence-electron chi connectivity index (χ4n) is 1.12. The van der Waals surface area contributed by atoms with E-state index in [4.69, 9.17) is 10.5 Å². The Labute approximate surface area is 87.2 Å². The van der Waals surface area contributed by atoms with Crippen molar-refractivity contribution < 1.29 is 14.3 Å². The van der Waals surface area contributed by atoms with Gasteiger partial charge in [-0.2, -0.15) is 0 Å². The number of primary amides is 1. The van der Waals surface area contributed by atoms with Crippen molar-refractivity contribution in [2.24, 2.45) is 5.73 Å². The number of methoxy groups -OCH3 is 1. The zero-order chi connectivity index (χ0) is 11.4. The van der Waals surface area contributed by atoms with Crippen LogP contribution in [0.15, 0.2) is 18.2 Å². The van der Waals surface area contributed by atoms with Crippen LogP contribution in [0.25, 0.3) is 0 Å². The molecule has 0 saturated heterocycles. The summed E-state index contributed by atoms with van der Waals surface area (Å²) in [4.78, 5) is 21.8. The smallest absolute Gasteiger partial charge is 0.250 e. The van der Waals surface area contributed by atoms with E-state index in [2.05, 4.69) is 12.2 Å². The lowest BCUT2D eigenvalue weighted by Crippen LogP contribution is -2.16. The van der Waals surface area contributed by atoms with Crippen molar-refractivity contribution in [1.82, 2.24) is 0 Å². The number of hydrogen-bond donors (Lipinski definition) is 2. The normalized spacial score (nSPS) is 9.47. The molecule has 0 fully saturated rings. The highest BCUT2D eigenvalue weighted by Gasteiger charge is 2.10. The van der Waals surface area contributed by atoms with Crippen LogP contribution in [-0.4, -0.2) is 18.9 Å². The number of carbonyl (C=O) groups is 2. The van der Waals surface area contributed by atoms with E-state index in [0.29, 0.717) is 11.4 Å². The quantitative estimate of drug-likeness (QED) is 0.760. The standard InChI is InChI=1S/C10H11N2O3/c1-6(13)12-9-5-7(15-2)3-4-8(9)10(11)14/h3-5H,1H2,2H3,(H2,11,14)(H,12,13). The van der Waals surface area contributed by atoms with Gasteiger partial charge in [0, 0.05) is 13.0 Å². The van der Waals surface area contributed by atoms with Gasteiger partial charge in [0.15, 0.2) is 0 Å². The van der Waals surface area contributed by atoms with Crippen LogP contribution < -0.4 is 15.8 Å². The predicted octanol–water partition coefficient (Wildman–Crippen LogP) is 0.567. The predicted molar refractivity (Wildman–Crippen MR) is 55.5 cm³/mol. The lowest BCUT2D eigenvalue weighted by Gasteiger charge is -2.08. The number of nitrogens with two attached hydrogens (primary N) is 1. The summed E-state index contributed by atoms with van der Waals surface area (Å²) in [7, 11) is 1.48. The average Bonchev–Trinajstić information content (AvgIpc) is 2.16. The topological polar surface area (TPSA) is 81.4 Å². The van der Waals surface area contributed by atoms with Crippen molar-refractivity contribution >= 4 is 17.5 Å². The van der Waals surface area contributed by atoms with Crippen LogP contribution in [-0.2, 0) is 4.79 Å². The van der Waals surface area contributed by atoms with E-state index in [1.807, 2.05) is 0 Å². The highest BCUT2D eigenvalue weighted by atomic mass is 16.5. The molecule has 1 aromatic rings. The van der Waals surface area contributed by atoms with Crippen molar-refractivity contribution in [1.29, 1.82) is 0 Å². The molecule has 1 rings (SSSR count). The highest BCUT2D eigenvalue weighted by Crippen LogP contribution is 2.22. The van der Waals surface area contributed by atoms with Crippen molar-refractivity contribution in [3.8, 4) is 5.75 Å². The molecule has 0 aliphatic carbocycles. The van der Waals surface area contributed by atoms with Gasteiger partial charge in [-0.15, -0.1) is 0 Å². The summed E-state index contributed by atoms with van der Waals surface area (Å²) >= 11 is 0. The zero-order valence-electron chi connectivity index (χ0n) is 8.24. The second kappa shape index (κ2) is 4.45. The van der Waals surface area contributed by atoms with Crippen LogP contribution in [0.2, 0.25) is 0 Å². The highest BCUT2D eigenvalue weighted by molar-refractivity contribution is 6.04. The van der Waals surface area contributed by atoms with Gasteiger partial charge in [0.25, 0.3) is 5.91 Å². The molecule has 3 N–H and O–H groups in total. The second-order valence-corrected chi connectivity index (χ2v) is 2.82. The molecular formula is C10H11N2O3. The summed E-state index contributed by atoms with van der Waals surface area (Å²) in [5.74, 6) is -0.629. The van der Waals surface area contributed by atoms with Gasteiger partial charge in [-0.3, -0.25) is 9.59 Å². The Morgan fingerprint density at radius 3 is 2.60 bits per heavy atom. The Kier molecular flexibility index (Phi) is 3.28. The maximum atomic E-state index is 11.0. The summed E-state index contributed by atoms with van der Waals surface area (Å²) in [6.45, 7) is 3.15. The van der Waals surface area contributed by atoms with Crippen LogP contribution in [0.5, 0.6) is 5.75 Å². The summed E-state index contributed by atoms with van der Waals surface area (Å²) in [6.07, 6.45) is 0. The lowest BCUT2D eigenvalue weighted by atomic mass is 10.1. The molecule has 0 aromatic heterocycles. The Bertz CT molecular complexity index is 402. The summed E-state index contributed by atoms with van der Waals surface area (Å²) in [5, 5.41) is 2.40. The number of anilines is 1.